The first-order valence-electron chi connectivity index (χ1n) is 6.84. The summed E-state index contributed by atoms with van der Waals surface area (Å²) < 4.78 is 0. The molecule has 0 aromatic heterocycles. The molecule has 0 spiro atoms. The van der Waals surface area contributed by atoms with E-state index in [-0.39, 0.29) is 25.4 Å². The van der Waals surface area contributed by atoms with Crippen LogP contribution in [0.15, 0.2) is 42.5 Å². The first-order valence-corrected chi connectivity index (χ1v) is 6.84. The van der Waals surface area contributed by atoms with Crippen molar-refractivity contribution in [3.05, 3.63) is 48.0 Å². The molecule has 0 fully saturated rings. The highest BCUT2D eigenvalue weighted by Gasteiger charge is 2.09. The number of benzene rings is 2. The van der Waals surface area contributed by atoms with Gasteiger partial charge in [-0.3, -0.25) is 14.4 Å². The van der Waals surface area contributed by atoms with Crippen molar-refractivity contribution >= 4 is 28.5 Å². The van der Waals surface area contributed by atoms with Crippen LogP contribution in [0.25, 0.3) is 10.8 Å². The molecule has 2 aromatic rings. The Bertz CT molecular complexity index is 707. The van der Waals surface area contributed by atoms with Gasteiger partial charge in [-0.25, -0.2) is 0 Å². The zero-order chi connectivity index (χ0) is 15.9. The van der Waals surface area contributed by atoms with E-state index < -0.39 is 11.8 Å². The summed E-state index contributed by atoms with van der Waals surface area (Å²) in [4.78, 5) is 33.8. The first-order chi connectivity index (χ1) is 10.6. The number of rotatable bonds is 6. The molecule has 0 aliphatic rings. The van der Waals surface area contributed by atoms with Crippen molar-refractivity contribution in [2.45, 2.75) is 6.42 Å². The lowest BCUT2D eigenvalue weighted by molar-refractivity contribution is -0.126. The molecular weight excluding hydrogens is 282 g/mol. The lowest BCUT2D eigenvalue weighted by Gasteiger charge is -2.08. The maximum absolute atomic E-state index is 11.9. The average molecular weight is 299 g/mol. The van der Waals surface area contributed by atoms with Gasteiger partial charge in [0.1, 0.15) is 0 Å². The summed E-state index contributed by atoms with van der Waals surface area (Å²) in [6.07, 6.45) is 0.185. The molecular formula is C16H17N3O3. The van der Waals surface area contributed by atoms with Crippen LogP contribution in [0.4, 0.5) is 0 Å². The highest BCUT2D eigenvalue weighted by molar-refractivity contribution is 5.92. The number of hydrogen-bond donors (Lipinski definition) is 3. The summed E-state index contributed by atoms with van der Waals surface area (Å²) in [5.41, 5.74) is 5.81. The molecule has 0 aliphatic heterocycles. The summed E-state index contributed by atoms with van der Waals surface area (Å²) in [5.74, 6) is -1.34. The minimum atomic E-state index is -0.629. The third-order valence-corrected chi connectivity index (χ3v) is 3.14. The number of carbonyl (C=O) groups excluding carboxylic acids is 3. The number of amides is 3. The monoisotopic (exact) mass is 299 g/mol. The molecule has 2 aromatic carbocycles. The zero-order valence-electron chi connectivity index (χ0n) is 12.0. The van der Waals surface area contributed by atoms with Crippen LogP contribution < -0.4 is 16.4 Å². The Morgan fingerprint density at radius 2 is 1.55 bits per heavy atom. The minimum absolute atomic E-state index is 0.184. The zero-order valence-corrected chi connectivity index (χ0v) is 12.0. The number of primary amides is 1. The van der Waals surface area contributed by atoms with Gasteiger partial charge in [0, 0.05) is 0 Å². The average Bonchev–Trinajstić information content (AvgIpc) is 2.51. The van der Waals surface area contributed by atoms with Crippen LogP contribution in [0.1, 0.15) is 5.56 Å². The highest BCUT2D eigenvalue weighted by atomic mass is 16.2. The largest absolute Gasteiger partial charge is 0.368 e. The van der Waals surface area contributed by atoms with Gasteiger partial charge in [-0.2, -0.15) is 0 Å². The van der Waals surface area contributed by atoms with Crippen LogP contribution >= 0.6 is 0 Å². The van der Waals surface area contributed by atoms with Gasteiger partial charge in [0.15, 0.2) is 0 Å². The Morgan fingerprint density at radius 1 is 0.864 bits per heavy atom. The minimum Gasteiger partial charge on any atom is -0.368 e. The third kappa shape index (κ3) is 4.31. The van der Waals surface area contributed by atoms with Gasteiger partial charge in [0.25, 0.3) is 0 Å². The predicted octanol–water partition coefficient (Wildman–Crippen LogP) is 0.100. The summed E-state index contributed by atoms with van der Waals surface area (Å²) in [5, 5.41) is 6.89. The van der Waals surface area contributed by atoms with Crippen LogP contribution in [0.5, 0.6) is 0 Å². The normalized spacial score (nSPS) is 10.2. The van der Waals surface area contributed by atoms with Crippen LogP contribution in [-0.4, -0.2) is 30.8 Å². The summed E-state index contributed by atoms with van der Waals surface area (Å²) in [7, 11) is 0. The van der Waals surface area contributed by atoms with Crippen molar-refractivity contribution in [1.29, 1.82) is 0 Å². The molecule has 0 heterocycles. The second kappa shape index (κ2) is 7.21. The molecule has 0 radical (unpaired) electrons. The second-order valence-electron chi connectivity index (χ2n) is 4.83. The predicted molar refractivity (Wildman–Crippen MR) is 82.9 cm³/mol. The van der Waals surface area contributed by atoms with E-state index in [1.54, 1.807) is 0 Å². The molecule has 22 heavy (non-hydrogen) atoms. The molecule has 0 atom stereocenters. The highest BCUT2D eigenvalue weighted by Crippen LogP contribution is 2.18. The second-order valence-corrected chi connectivity index (χ2v) is 4.83. The Morgan fingerprint density at radius 3 is 2.32 bits per heavy atom. The number of hydrogen-bond acceptors (Lipinski definition) is 3. The van der Waals surface area contributed by atoms with Crippen molar-refractivity contribution in [3.63, 3.8) is 0 Å². The van der Waals surface area contributed by atoms with Crippen molar-refractivity contribution < 1.29 is 14.4 Å². The lowest BCUT2D eigenvalue weighted by atomic mass is 10.0. The number of fused-ring (bicyclic) bond motifs is 1. The standard InChI is InChI=1S/C16H17N3O3/c17-14(20)9-18-16(22)10-19-15(21)8-12-6-3-5-11-4-1-2-7-13(11)12/h1-7H,8-10H2,(H2,17,20)(H,18,22)(H,19,21). The molecule has 6 nitrogen and oxygen atoms in total. The fraction of sp³-hybridized carbons (Fsp3) is 0.188. The molecule has 3 amide bonds. The molecule has 0 unspecified atom stereocenters. The molecule has 114 valence electrons. The van der Waals surface area contributed by atoms with E-state index in [1.165, 1.54) is 0 Å². The van der Waals surface area contributed by atoms with Crippen molar-refractivity contribution in [2.75, 3.05) is 13.1 Å². The molecule has 0 bridgehead atoms. The summed E-state index contributed by atoms with van der Waals surface area (Å²) in [6.45, 7) is -0.422. The number of nitrogens with one attached hydrogen (secondary N) is 2. The maximum Gasteiger partial charge on any atom is 0.239 e. The van der Waals surface area contributed by atoms with Gasteiger partial charge in [-0.05, 0) is 16.3 Å². The smallest absolute Gasteiger partial charge is 0.239 e. The van der Waals surface area contributed by atoms with E-state index in [0.717, 1.165) is 16.3 Å². The van der Waals surface area contributed by atoms with E-state index in [4.69, 9.17) is 5.73 Å². The van der Waals surface area contributed by atoms with Gasteiger partial charge in [0.2, 0.25) is 17.7 Å². The Hall–Kier alpha value is -2.89. The summed E-state index contributed by atoms with van der Waals surface area (Å²) in [6, 6.07) is 13.6. The molecule has 2 rings (SSSR count). The van der Waals surface area contributed by atoms with E-state index in [9.17, 15) is 14.4 Å². The molecule has 4 N–H and O–H groups in total. The number of carbonyl (C=O) groups is 3. The van der Waals surface area contributed by atoms with Crippen LogP contribution in [0.3, 0.4) is 0 Å². The van der Waals surface area contributed by atoms with E-state index in [0.29, 0.717) is 0 Å². The first kappa shape index (κ1) is 15.5. The lowest BCUT2D eigenvalue weighted by Crippen LogP contribution is -2.40. The Balaban J connectivity index is 1.91. The van der Waals surface area contributed by atoms with Crippen molar-refractivity contribution in [1.82, 2.24) is 10.6 Å². The number of nitrogens with two attached hydrogens (primary N) is 1. The SMILES string of the molecule is NC(=O)CNC(=O)CNC(=O)Cc1cccc2ccccc12. The fourth-order valence-electron chi connectivity index (χ4n) is 2.11. The molecule has 0 saturated carbocycles. The van der Waals surface area contributed by atoms with E-state index in [1.807, 2.05) is 42.5 Å². The van der Waals surface area contributed by atoms with Gasteiger partial charge in [-0.15, -0.1) is 0 Å². The van der Waals surface area contributed by atoms with Crippen LogP contribution in [-0.2, 0) is 20.8 Å². The third-order valence-electron chi connectivity index (χ3n) is 3.14. The van der Waals surface area contributed by atoms with Crippen molar-refractivity contribution in [3.8, 4) is 0 Å². The molecule has 0 saturated heterocycles. The topological polar surface area (TPSA) is 101 Å². The van der Waals surface area contributed by atoms with E-state index in [2.05, 4.69) is 10.6 Å². The van der Waals surface area contributed by atoms with Gasteiger partial charge in [-0.1, -0.05) is 42.5 Å². The van der Waals surface area contributed by atoms with Crippen LogP contribution in [0.2, 0.25) is 0 Å². The Kier molecular flexibility index (Phi) is 5.08. The van der Waals surface area contributed by atoms with Crippen molar-refractivity contribution in [2.24, 2.45) is 5.73 Å². The van der Waals surface area contributed by atoms with Gasteiger partial charge in [0.05, 0.1) is 19.5 Å². The maximum atomic E-state index is 11.9. The summed E-state index contributed by atoms with van der Waals surface area (Å²) >= 11 is 0. The Labute approximate surface area is 127 Å². The molecule has 0 aliphatic carbocycles. The van der Waals surface area contributed by atoms with Gasteiger partial charge >= 0.3 is 0 Å². The quantitative estimate of drug-likeness (QED) is 0.705. The molecule has 6 heteroatoms. The van der Waals surface area contributed by atoms with Crippen LogP contribution in [0, 0.1) is 0 Å². The van der Waals surface area contributed by atoms with Gasteiger partial charge < -0.3 is 16.4 Å². The fourth-order valence-corrected chi connectivity index (χ4v) is 2.11. The van der Waals surface area contributed by atoms with E-state index >= 15 is 0 Å².